The van der Waals surface area contributed by atoms with Crippen LogP contribution in [0.4, 0.5) is 18.9 Å². The average molecular weight is 637 g/mol. The summed E-state index contributed by atoms with van der Waals surface area (Å²) in [6.45, 7) is 5.39. The Hall–Kier alpha value is -2.24. The molecule has 186 valence electrons. The lowest BCUT2D eigenvalue weighted by Crippen LogP contribution is -2.41. The molecular formula is C23H20Br2ClF3N4O2. The van der Waals surface area contributed by atoms with Crippen LogP contribution in [-0.2, 0) is 4.79 Å². The number of anilines is 1. The summed E-state index contributed by atoms with van der Waals surface area (Å²) in [5.74, 6) is -1.28. The average Bonchev–Trinajstić information content (AvgIpc) is 2.73. The van der Waals surface area contributed by atoms with Crippen molar-refractivity contribution in [1.82, 2.24) is 10.3 Å². The smallest absolute Gasteiger partial charge is 0.347 e. The highest BCUT2D eigenvalue weighted by Crippen LogP contribution is 2.37. The van der Waals surface area contributed by atoms with Crippen molar-refractivity contribution in [3.8, 4) is 0 Å². The molecule has 35 heavy (non-hydrogen) atoms. The van der Waals surface area contributed by atoms with E-state index in [9.17, 15) is 22.8 Å². The number of aromatic nitrogens is 1. The number of carbonyl (C=O) groups excluding carboxylic acids is 2. The van der Waals surface area contributed by atoms with Gasteiger partial charge in [-0.05, 0) is 67.0 Å². The SMILES string of the molecule is CC(C)(C)NC(=O)c1cc(Br)cc(Br)c1NC(=O)C1=CC(C(F)(F)F)=NC(c2ncccc2Cl)C1. The van der Waals surface area contributed by atoms with Crippen LogP contribution in [0.25, 0.3) is 0 Å². The van der Waals surface area contributed by atoms with Crippen molar-refractivity contribution in [3.63, 3.8) is 0 Å². The molecule has 12 heteroatoms. The molecule has 0 radical (unpaired) electrons. The van der Waals surface area contributed by atoms with Crippen LogP contribution in [0.2, 0.25) is 5.02 Å². The van der Waals surface area contributed by atoms with Crippen LogP contribution in [0.3, 0.4) is 0 Å². The van der Waals surface area contributed by atoms with Crippen molar-refractivity contribution in [2.45, 2.75) is 44.9 Å². The Bertz CT molecular complexity index is 1240. The molecule has 1 aromatic carbocycles. The maximum absolute atomic E-state index is 13.6. The maximum atomic E-state index is 13.6. The van der Waals surface area contributed by atoms with Gasteiger partial charge in [0.2, 0.25) is 0 Å². The lowest BCUT2D eigenvalue weighted by molar-refractivity contribution is -0.113. The Balaban J connectivity index is 1.99. The van der Waals surface area contributed by atoms with Crippen molar-refractivity contribution in [2.24, 2.45) is 4.99 Å². The second-order valence-corrected chi connectivity index (χ2v) is 10.9. The van der Waals surface area contributed by atoms with Gasteiger partial charge in [-0.15, -0.1) is 0 Å². The monoisotopic (exact) mass is 634 g/mol. The number of aliphatic imine (C=N–C) groups is 1. The van der Waals surface area contributed by atoms with Gasteiger partial charge in [-0.1, -0.05) is 27.5 Å². The Morgan fingerprint density at radius 1 is 1.14 bits per heavy atom. The van der Waals surface area contributed by atoms with E-state index in [2.05, 4.69) is 52.5 Å². The van der Waals surface area contributed by atoms with E-state index in [1.807, 2.05) is 0 Å². The molecule has 1 aliphatic rings. The molecule has 0 saturated carbocycles. The highest BCUT2D eigenvalue weighted by atomic mass is 79.9. The zero-order chi connectivity index (χ0) is 26.1. The fourth-order valence-corrected chi connectivity index (χ4v) is 4.85. The molecule has 6 nitrogen and oxygen atoms in total. The molecule has 1 aliphatic heterocycles. The molecule has 1 unspecified atom stereocenters. The topological polar surface area (TPSA) is 83.5 Å². The molecule has 2 heterocycles. The van der Waals surface area contributed by atoms with Gasteiger partial charge in [0.25, 0.3) is 11.8 Å². The summed E-state index contributed by atoms with van der Waals surface area (Å²) < 4.78 is 41.7. The van der Waals surface area contributed by atoms with Crippen molar-refractivity contribution in [1.29, 1.82) is 0 Å². The van der Waals surface area contributed by atoms with Crippen molar-refractivity contribution < 1.29 is 22.8 Å². The van der Waals surface area contributed by atoms with Gasteiger partial charge in [-0.3, -0.25) is 19.6 Å². The first kappa shape index (κ1) is 27.3. The molecule has 1 aromatic heterocycles. The quantitative estimate of drug-likeness (QED) is 0.387. The van der Waals surface area contributed by atoms with Crippen molar-refractivity contribution in [2.75, 3.05) is 5.32 Å². The normalized spacial score (nSPS) is 16.3. The van der Waals surface area contributed by atoms with Crippen LogP contribution in [-0.4, -0.2) is 34.2 Å². The standard InChI is InChI=1S/C23H20Br2ClF3N4O2/c1-22(2,3)33-21(35)13-9-12(24)10-14(25)18(13)32-20(34)11-7-16(19-15(26)5-4-6-30-19)31-17(8-11)23(27,28)29/h4-6,8-10,16H,7H2,1-3H3,(H,32,34)(H,33,35). The molecular weight excluding hydrogens is 617 g/mol. The molecule has 0 fully saturated rings. The molecule has 0 bridgehead atoms. The predicted octanol–water partition coefficient (Wildman–Crippen LogP) is 6.80. The number of hydrogen-bond acceptors (Lipinski definition) is 4. The zero-order valence-corrected chi connectivity index (χ0v) is 22.7. The summed E-state index contributed by atoms with van der Waals surface area (Å²) in [7, 11) is 0. The van der Waals surface area contributed by atoms with Crippen LogP contribution >= 0.6 is 43.5 Å². The Morgan fingerprint density at radius 2 is 1.83 bits per heavy atom. The van der Waals surface area contributed by atoms with Crippen LogP contribution in [0.15, 0.2) is 56.0 Å². The number of amides is 2. The summed E-state index contributed by atoms with van der Waals surface area (Å²) in [4.78, 5) is 33.9. The number of alkyl halides is 3. The minimum absolute atomic E-state index is 0.115. The lowest BCUT2D eigenvalue weighted by atomic mass is 9.97. The number of allylic oxidation sites excluding steroid dienone is 1. The van der Waals surface area contributed by atoms with Gasteiger partial charge in [0.15, 0.2) is 0 Å². The first-order valence-electron chi connectivity index (χ1n) is 10.2. The number of rotatable bonds is 4. The van der Waals surface area contributed by atoms with E-state index in [-0.39, 0.29) is 34.0 Å². The minimum atomic E-state index is -4.79. The van der Waals surface area contributed by atoms with Gasteiger partial charge < -0.3 is 10.6 Å². The van der Waals surface area contributed by atoms with Gasteiger partial charge in [0.1, 0.15) is 5.71 Å². The number of nitrogens with one attached hydrogen (secondary N) is 2. The second kappa shape index (κ2) is 10.4. The largest absolute Gasteiger partial charge is 0.432 e. The third-order valence-corrected chi connectivity index (χ3v) is 6.13. The van der Waals surface area contributed by atoms with Crippen LogP contribution in [0, 0.1) is 0 Å². The summed E-state index contributed by atoms with van der Waals surface area (Å²) in [6, 6.07) is 5.04. The molecule has 2 aromatic rings. The fourth-order valence-electron chi connectivity index (χ4n) is 3.28. The molecule has 3 rings (SSSR count). The Morgan fingerprint density at radius 3 is 2.43 bits per heavy atom. The molecule has 0 spiro atoms. The molecule has 0 aliphatic carbocycles. The van der Waals surface area contributed by atoms with Crippen molar-refractivity contribution in [3.05, 3.63) is 67.3 Å². The van der Waals surface area contributed by atoms with E-state index >= 15 is 0 Å². The molecule has 2 N–H and O–H groups in total. The number of benzene rings is 1. The van der Waals surface area contributed by atoms with E-state index in [1.54, 1.807) is 32.9 Å². The highest BCUT2D eigenvalue weighted by molar-refractivity contribution is 9.11. The summed E-state index contributed by atoms with van der Waals surface area (Å²) >= 11 is 12.8. The summed E-state index contributed by atoms with van der Waals surface area (Å²) in [6.07, 6.45) is -2.87. The first-order chi connectivity index (χ1) is 16.2. The molecule has 2 amide bonds. The van der Waals surface area contributed by atoms with Gasteiger partial charge in [0.05, 0.1) is 28.0 Å². The van der Waals surface area contributed by atoms with Gasteiger partial charge >= 0.3 is 6.18 Å². The maximum Gasteiger partial charge on any atom is 0.432 e. The predicted molar refractivity (Wildman–Crippen MR) is 136 cm³/mol. The number of nitrogens with zero attached hydrogens (tertiary/aromatic N) is 2. The number of dihydropyridines is 1. The van der Waals surface area contributed by atoms with E-state index in [1.165, 1.54) is 18.3 Å². The number of pyridine rings is 1. The van der Waals surface area contributed by atoms with Gasteiger partial charge in [0, 0.05) is 32.7 Å². The Labute approximate surface area is 221 Å². The highest BCUT2D eigenvalue weighted by Gasteiger charge is 2.39. The van der Waals surface area contributed by atoms with Crippen molar-refractivity contribution >= 4 is 66.7 Å². The van der Waals surface area contributed by atoms with Crippen LogP contribution in [0.5, 0.6) is 0 Å². The zero-order valence-electron chi connectivity index (χ0n) is 18.7. The van der Waals surface area contributed by atoms with E-state index in [0.717, 1.165) is 0 Å². The third-order valence-electron chi connectivity index (χ3n) is 4.73. The van der Waals surface area contributed by atoms with Crippen LogP contribution < -0.4 is 10.6 Å². The van der Waals surface area contributed by atoms with Gasteiger partial charge in [-0.25, -0.2) is 0 Å². The van der Waals surface area contributed by atoms with Gasteiger partial charge in [-0.2, -0.15) is 13.2 Å². The number of hydrogen-bond donors (Lipinski definition) is 2. The summed E-state index contributed by atoms with van der Waals surface area (Å²) in [5.41, 5.74) is -1.60. The number of carbonyl (C=O) groups is 2. The van der Waals surface area contributed by atoms with E-state index in [4.69, 9.17) is 11.6 Å². The first-order valence-corrected chi connectivity index (χ1v) is 12.2. The Kier molecular flexibility index (Phi) is 8.12. The van der Waals surface area contributed by atoms with E-state index < -0.39 is 35.3 Å². The second-order valence-electron chi connectivity index (χ2n) is 8.74. The molecule has 1 atom stereocenters. The fraction of sp³-hybridized carbons (Fsp3) is 0.304. The number of halogens is 6. The minimum Gasteiger partial charge on any atom is -0.347 e. The van der Waals surface area contributed by atoms with Crippen LogP contribution in [0.1, 0.15) is 49.3 Å². The summed E-state index contributed by atoms with van der Waals surface area (Å²) in [5, 5.41) is 5.54. The van der Waals surface area contributed by atoms with E-state index in [0.29, 0.717) is 15.0 Å². The molecule has 0 saturated heterocycles. The third kappa shape index (κ3) is 6.92. The lowest BCUT2D eigenvalue weighted by Gasteiger charge is -2.24.